The maximum atomic E-state index is 11.1. The van der Waals surface area contributed by atoms with Crippen molar-refractivity contribution in [3.63, 3.8) is 0 Å². The molecule has 0 spiro atoms. The third-order valence-electron chi connectivity index (χ3n) is 1.86. The minimum Gasteiger partial charge on any atom is -0.463 e. The maximum Gasteiger partial charge on any atom is 0.377 e. The number of ether oxygens (including phenoxy) is 1. The molecule has 2 rings (SSSR count). The van der Waals surface area contributed by atoms with Gasteiger partial charge < -0.3 is 4.74 Å². The second kappa shape index (κ2) is 4.47. The summed E-state index contributed by atoms with van der Waals surface area (Å²) in [6.45, 7) is 0. The van der Waals surface area contributed by atoms with Gasteiger partial charge >= 0.3 is 5.97 Å². The van der Waals surface area contributed by atoms with Gasteiger partial charge in [-0.1, -0.05) is 0 Å². The number of hydrogen-bond donors (Lipinski definition) is 0. The second-order valence-corrected chi connectivity index (χ2v) is 2.94. The minimum atomic E-state index is -0.645. The van der Waals surface area contributed by atoms with Gasteiger partial charge in [-0.3, -0.25) is 4.79 Å². The largest absolute Gasteiger partial charge is 0.463 e. The van der Waals surface area contributed by atoms with Gasteiger partial charge in [-0.25, -0.2) is 19.7 Å². The van der Waals surface area contributed by atoms with E-state index in [1.807, 2.05) is 0 Å². The standard InChI is InChI=1S/C9H7N5O3/c1-17-8(16)7-12-5-14(13-7)9-10-2-6(4-15)3-11-9/h2-5H,1H3. The molecule has 0 aliphatic rings. The Labute approximate surface area is 95.3 Å². The molecule has 86 valence electrons. The lowest BCUT2D eigenvalue weighted by Gasteiger charge is -1.96. The van der Waals surface area contributed by atoms with Gasteiger partial charge in [0.25, 0.3) is 11.8 Å². The first-order chi connectivity index (χ1) is 8.24. The Morgan fingerprint density at radius 2 is 2.06 bits per heavy atom. The summed E-state index contributed by atoms with van der Waals surface area (Å²) < 4.78 is 5.67. The van der Waals surface area contributed by atoms with Gasteiger partial charge in [0.1, 0.15) is 6.33 Å². The summed E-state index contributed by atoms with van der Waals surface area (Å²) in [7, 11) is 1.23. The Hall–Kier alpha value is -2.64. The van der Waals surface area contributed by atoms with E-state index in [-0.39, 0.29) is 11.8 Å². The number of aldehydes is 1. The SMILES string of the molecule is COC(=O)c1ncn(-c2ncc(C=O)cn2)n1. The van der Waals surface area contributed by atoms with Crippen LogP contribution in [0.4, 0.5) is 0 Å². The molecule has 17 heavy (non-hydrogen) atoms. The van der Waals surface area contributed by atoms with Crippen molar-refractivity contribution in [3.05, 3.63) is 30.1 Å². The third kappa shape index (κ3) is 2.14. The average Bonchev–Trinajstić information content (AvgIpc) is 2.87. The lowest BCUT2D eigenvalue weighted by molar-refractivity contribution is 0.0587. The number of carbonyl (C=O) groups is 2. The molecule has 2 heterocycles. The molecule has 0 saturated heterocycles. The van der Waals surface area contributed by atoms with Gasteiger partial charge in [0.05, 0.1) is 12.7 Å². The van der Waals surface area contributed by atoms with Gasteiger partial charge in [0, 0.05) is 12.4 Å². The van der Waals surface area contributed by atoms with Crippen LogP contribution in [0.1, 0.15) is 21.0 Å². The number of aromatic nitrogens is 5. The number of nitrogens with zero attached hydrogens (tertiary/aromatic N) is 5. The van der Waals surface area contributed by atoms with Crippen LogP contribution in [0.3, 0.4) is 0 Å². The molecular formula is C9H7N5O3. The van der Waals surface area contributed by atoms with E-state index in [1.165, 1.54) is 30.5 Å². The first-order valence-electron chi connectivity index (χ1n) is 4.52. The van der Waals surface area contributed by atoms with Crippen LogP contribution in [0, 0.1) is 0 Å². The highest BCUT2D eigenvalue weighted by atomic mass is 16.5. The van der Waals surface area contributed by atoms with Crippen molar-refractivity contribution in [1.82, 2.24) is 24.7 Å². The zero-order valence-electron chi connectivity index (χ0n) is 8.77. The summed E-state index contributed by atoms with van der Waals surface area (Å²) in [5.74, 6) is -0.526. The highest BCUT2D eigenvalue weighted by Crippen LogP contribution is 2.00. The van der Waals surface area contributed by atoms with Gasteiger partial charge in [-0.2, -0.15) is 4.68 Å². The van der Waals surface area contributed by atoms with Gasteiger partial charge in [-0.05, 0) is 0 Å². The van der Waals surface area contributed by atoms with Crippen molar-refractivity contribution in [2.75, 3.05) is 7.11 Å². The molecule has 0 amide bonds. The summed E-state index contributed by atoms with van der Waals surface area (Å²) in [6.07, 6.45) is 4.59. The lowest BCUT2D eigenvalue weighted by atomic mass is 10.4. The Bertz CT molecular complexity index is 548. The van der Waals surface area contributed by atoms with E-state index in [0.717, 1.165) is 0 Å². The topological polar surface area (TPSA) is 99.9 Å². The van der Waals surface area contributed by atoms with Crippen molar-refractivity contribution < 1.29 is 14.3 Å². The Morgan fingerprint density at radius 3 is 2.65 bits per heavy atom. The number of rotatable bonds is 3. The molecule has 0 aliphatic heterocycles. The van der Waals surface area contributed by atoms with Gasteiger partial charge in [-0.15, -0.1) is 5.10 Å². The summed E-state index contributed by atoms with van der Waals surface area (Å²) >= 11 is 0. The molecule has 0 saturated carbocycles. The summed E-state index contributed by atoms with van der Waals surface area (Å²) in [6, 6.07) is 0. The van der Waals surface area contributed by atoms with Crippen LogP contribution in [0.2, 0.25) is 0 Å². The number of methoxy groups -OCH3 is 1. The molecule has 8 nitrogen and oxygen atoms in total. The third-order valence-corrected chi connectivity index (χ3v) is 1.86. The molecule has 8 heteroatoms. The molecule has 0 aromatic carbocycles. The molecular weight excluding hydrogens is 226 g/mol. The molecule has 0 aliphatic carbocycles. The summed E-state index contributed by atoms with van der Waals surface area (Å²) in [4.78, 5) is 33.0. The van der Waals surface area contributed by atoms with Crippen molar-refractivity contribution in [1.29, 1.82) is 0 Å². The predicted octanol–water partition coefficient (Wildman–Crippen LogP) is -0.344. The van der Waals surface area contributed by atoms with Crippen LogP contribution in [0.25, 0.3) is 5.95 Å². The lowest BCUT2D eigenvalue weighted by Crippen LogP contribution is -2.06. The zero-order valence-corrected chi connectivity index (χ0v) is 8.77. The van der Waals surface area contributed by atoms with Gasteiger partial charge in [0.2, 0.25) is 0 Å². The Balaban J connectivity index is 2.30. The fraction of sp³-hybridized carbons (Fsp3) is 0.111. The summed E-state index contributed by atoms with van der Waals surface area (Å²) in [5, 5.41) is 3.82. The molecule has 0 fully saturated rings. The molecule has 0 unspecified atom stereocenters. The molecule has 0 bridgehead atoms. The monoisotopic (exact) mass is 233 g/mol. The Kier molecular flexibility index (Phi) is 2.86. The van der Waals surface area contributed by atoms with Gasteiger partial charge in [0.15, 0.2) is 6.29 Å². The molecule has 0 N–H and O–H groups in total. The fourth-order valence-corrected chi connectivity index (χ4v) is 1.05. The van der Waals surface area contributed by atoms with E-state index in [2.05, 4.69) is 24.8 Å². The normalized spacial score (nSPS) is 9.94. The van der Waals surface area contributed by atoms with E-state index >= 15 is 0 Å². The highest BCUT2D eigenvalue weighted by molar-refractivity contribution is 5.84. The quantitative estimate of drug-likeness (QED) is 0.527. The van der Waals surface area contributed by atoms with Crippen LogP contribution < -0.4 is 0 Å². The van der Waals surface area contributed by atoms with Crippen LogP contribution in [-0.4, -0.2) is 44.1 Å². The maximum absolute atomic E-state index is 11.1. The second-order valence-electron chi connectivity index (χ2n) is 2.94. The Morgan fingerprint density at radius 1 is 1.35 bits per heavy atom. The smallest absolute Gasteiger partial charge is 0.377 e. The van der Waals surface area contributed by atoms with Crippen LogP contribution >= 0.6 is 0 Å². The number of hydrogen-bond acceptors (Lipinski definition) is 7. The van der Waals surface area contributed by atoms with Crippen LogP contribution in [0.15, 0.2) is 18.7 Å². The number of carbonyl (C=O) groups excluding carboxylic acids is 2. The molecule has 0 radical (unpaired) electrons. The highest BCUT2D eigenvalue weighted by Gasteiger charge is 2.12. The zero-order chi connectivity index (χ0) is 12.3. The molecule has 2 aromatic rings. The van der Waals surface area contributed by atoms with E-state index in [4.69, 9.17) is 0 Å². The van der Waals surface area contributed by atoms with E-state index in [1.54, 1.807) is 0 Å². The van der Waals surface area contributed by atoms with E-state index in [9.17, 15) is 9.59 Å². The predicted molar refractivity (Wildman–Crippen MR) is 53.7 cm³/mol. The minimum absolute atomic E-state index is 0.0874. The van der Waals surface area contributed by atoms with E-state index in [0.29, 0.717) is 11.8 Å². The van der Waals surface area contributed by atoms with Crippen LogP contribution in [0.5, 0.6) is 0 Å². The summed E-state index contributed by atoms with van der Waals surface area (Å²) in [5.41, 5.74) is 0.349. The number of esters is 1. The van der Waals surface area contributed by atoms with Crippen molar-refractivity contribution in [3.8, 4) is 5.95 Å². The van der Waals surface area contributed by atoms with Crippen molar-refractivity contribution in [2.24, 2.45) is 0 Å². The van der Waals surface area contributed by atoms with E-state index < -0.39 is 5.97 Å². The first-order valence-corrected chi connectivity index (χ1v) is 4.52. The average molecular weight is 233 g/mol. The molecule has 0 atom stereocenters. The van der Waals surface area contributed by atoms with Crippen molar-refractivity contribution in [2.45, 2.75) is 0 Å². The fourth-order valence-electron chi connectivity index (χ4n) is 1.05. The first kappa shape index (κ1) is 10.9. The molecule has 2 aromatic heterocycles. The van der Waals surface area contributed by atoms with Crippen molar-refractivity contribution >= 4 is 12.3 Å². The van der Waals surface area contributed by atoms with Crippen LogP contribution in [-0.2, 0) is 4.74 Å².